The predicted octanol–water partition coefficient (Wildman–Crippen LogP) is 2.78. The van der Waals surface area contributed by atoms with Crippen molar-refractivity contribution in [2.75, 3.05) is 20.2 Å². The number of aliphatic hydroxyl groups is 1. The Balaban J connectivity index is 1.89. The van der Waals surface area contributed by atoms with Gasteiger partial charge in [0.1, 0.15) is 0 Å². The molecular formula is C20H24N2O2. The van der Waals surface area contributed by atoms with Crippen LogP contribution in [0.15, 0.2) is 35.9 Å². The van der Waals surface area contributed by atoms with Crippen LogP contribution in [0.3, 0.4) is 0 Å². The summed E-state index contributed by atoms with van der Waals surface area (Å²) >= 11 is 0. The van der Waals surface area contributed by atoms with Crippen LogP contribution in [0, 0.1) is 11.8 Å². The number of rotatable bonds is 1. The Morgan fingerprint density at radius 2 is 2.12 bits per heavy atom. The van der Waals surface area contributed by atoms with Gasteiger partial charge in [0.25, 0.3) is 0 Å². The minimum absolute atomic E-state index is 0.112. The third kappa shape index (κ3) is 2.25. The molecule has 0 amide bonds. The molecule has 0 saturated carbocycles. The number of aliphatic hydroxyl groups excluding tert-OH is 1. The number of likely N-dealkylation sites (N-methyl/N-ethyl adjacent to an activating group) is 1. The van der Waals surface area contributed by atoms with Gasteiger partial charge in [0.2, 0.25) is 0 Å². The number of ketones is 1. The summed E-state index contributed by atoms with van der Waals surface area (Å²) in [4.78, 5) is 18.7. The standard InChI is InChI=1S/C20H24N2O2/c1-3-12-10-22(2)18-8-15-13-6-4-5-7-17(13)21-20(15)19(24)9-14(12)16(18)11-23/h3-7,14,16,18,21,23H,8-11H2,1-2H3. The summed E-state index contributed by atoms with van der Waals surface area (Å²) in [6.07, 6.45) is 3.41. The lowest BCUT2D eigenvalue weighted by Gasteiger charge is -2.46. The van der Waals surface area contributed by atoms with E-state index in [4.69, 9.17) is 0 Å². The van der Waals surface area contributed by atoms with Crippen molar-refractivity contribution in [3.63, 3.8) is 0 Å². The highest BCUT2D eigenvalue weighted by atomic mass is 16.3. The third-order valence-corrected chi connectivity index (χ3v) is 5.98. The zero-order chi connectivity index (χ0) is 16.8. The number of likely N-dealkylation sites (tertiary alicyclic amines) is 1. The highest BCUT2D eigenvalue weighted by Crippen LogP contribution is 2.40. The van der Waals surface area contributed by atoms with Crippen molar-refractivity contribution in [1.29, 1.82) is 0 Å². The first kappa shape index (κ1) is 15.6. The largest absolute Gasteiger partial charge is 0.396 e. The lowest BCUT2D eigenvalue weighted by Crippen LogP contribution is -2.52. The fraction of sp³-hybridized carbons (Fsp3) is 0.450. The number of Topliss-reactive ketones (excluding diaryl/α,β-unsaturated/α-hetero) is 1. The van der Waals surface area contributed by atoms with Gasteiger partial charge in [-0.1, -0.05) is 29.8 Å². The first-order chi connectivity index (χ1) is 11.6. The number of carbonyl (C=O) groups excluding carboxylic acids is 1. The van der Waals surface area contributed by atoms with E-state index in [-0.39, 0.29) is 30.3 Å². The van der Waals surface area contributed by atoms with Crippen LogP contribution in [-0.2, 0) is 6.42 Å². The number of nitrogens with zero attached hydrogens (tertiary/aromatic N) is 1. The molecule has 1 aliphatic carbocycles. The number of nitrogens with one attached hydrogen (secondary N) is 1. The summed E-state index contributed by atoms with van der Waals surface area (Å²) in [6.45, 7) is 3.05. The number of aromatic amines is 1. The summed E-state index contributed by atoms with van der Waals surface area (Å²) < 4.78 is 0. The molecule has 2 N–H and O–H groups in total. The van der Waals surface area contributed by atoms with Gasteiger partial charge in [-0.15, -0.1) is 0 Å². The first-order valence-electron chi connectivity index (χ1n) is 8.73. The van der Waals surface area contributed by atoms with Gasteiger partial charge < -0.3 is 10.1 Å². The van der Waals surface area contributed by atoms with Gasteiger partial charge in [-0.3, -0.25) is 9.69 Å². The number of fused-ring (bicyclic) bond motifs is 5. The number of para-hydroxylation sites is 1. The molecule has 2 aliphatic rings. The summed E-state index contributed by atoms with van der Waals surface area (Å²) in [7, 11) is 2.13. The molecule has 4 heteroatoms. The number of H-pyrrole nitrogens is 1. The van der Waals surface area contributed by atoms with Crippen molar-refractivity contribution in [3.8, 4) is 0 Å². The van der Waals surface area contributed by atoms with E-state index in [0.717, 1.165) is 35.1 Å². The van der Waals surface area contributed by atoms with E-state index in [1.165, 1.54) is 5.57 Å². The first-order valence-corrected chi connectivity index (χ1v) is 8.73. The quantitative estimate of drug-likeness (QED) is 0.793. The van der Waals surface area contributed by atoms with Crippen molar-refractivity contribution in [2.24, 2.45) is 11.8 Å². The van der Waals surface area contributed by atoms with Crippen LogP contribution in [0.25, 0.3) is 10.9 Å². The molecule has 126 valence electrons. The minimum Gasteiger partial charge on any atom is -0.396 e. The van der Waals surface area contributed by atoms with Gasteiger partial charge in [-0.25, -0.2) is 0 Å². The number of hydrogen-bond donors (Lipinski definition) is 2. The Hall–Kier alpha value is -1.91. The number of allylic oxidation sites excluding steroid dienone is 1. The third-order valence-electron chi connectivity index (χ3n) is 5.98. The monoisotopic (exact) mass is 324 g/mol. The average molecular weight is 324 g/mol. The normalized spacial score (nSPS) is 29.5. The summed E-state index contributed by atoms with van der Waals surface area (Å²) in [5.74, 6) is 0.431. The van der Waals surface area contributed by atoms with Crippen LogP contribution in [0.5, 0.6) is 0 Å². The maximum atomic E-state index is 13.0. The second kappa shape index (κ2) is 5.87. The molecule has 4 rings (SSSR count). The number of carbonyl (C=O) groups is 1. The highest BCUT2D eigenvalue weighted by molar-refractivity contribution is 6.02. The van der Waals surface area contributed by atoms with Crippen LogP contribution in [0.4, 0.5) is 0 Å². The molecule has 1 aliphatic heterocycles. The maximum Gasteiger partial charge on any atom is 0.179 e. The Bertz CT molecular complexity index is 820. The van der Waals surface area contributed by atoms with E-state index in [0.29, 0.717) is 6.42 Å². The van der Waals surface area contributed by atoms with Gasteiger partial charge in [-0.2, -0.15) is 0 Å². The average Bonchev–Trinajstić information content (AvgIpc) is 2.95. The Kier molecular flexibility index (Phi) is 3.82. The van der Waals surface area contributed by atoms with Gasteiger partial charge in [0.05, 0.1) is 5.69 Å². The van der Waals surface area contributed by atoms with E-state index < -0.39 is 0 Å². The van der Waals surface area contributed by atoms with E-state index >= 15 is 0 Å². The molecule has 2 heterocycles. The number of benzene rings is 1. The molecule has 1 saturated heterocycles. The highest BCUT2D eigenvalue weighted by Gasteiger charge is 2.42. The SMILES string of the molecule is CC=C1CN(C)C2Cc3c([nH]c4ccccc34)C(=O)CC1C2CO. The van der Waals surface area contributed by atoms with E-state index in [1.807, 2.05) is 25.1 Å². The predicted molar refractivity (Wildman–Crippen MR) is 95.2 cm³/mol. The van der Waals surface area contributed by atoms with Crippen LogP contribution in [0.2, 0.25) is 0 Å². The zero-order valence-electron chi connectivity index (χ0n) is 14.2. The lowest BCUT2D eigenvalue weighted by atomic mass is 9.71. The van der Waals surface area contributed by atoms with E-state index in [9.17, 15) is 9.90 Å². The molecule has 0 radical (unpaired) electrons. The van der Waals surface area contributed by atoms with E-state index in [2.05, 4.69) is 29.1 Å². The Morgan fingerprint density at radius 3 is 2.88 bits per heavy atom. The van der Waals surface area contributed by atoms with Gasteiger partial charge in [-0.05, 0) is 37.9 Å². The molecule has 24 heavy (non-hydrogen) atoms. The number of piperidine rings is 1. The molecule has 1 aromatic heterocycles. The number of hydrogen-bond acceptors (Lipinski definition) is 3. The second-order valence-electron chi connectivity index (χ2n) is 7.15. The smallest absolute Gasteiger partial charge is 0.179 e. The topological polar surface area (TPSA) is 56.3 Å². The number of aromatic nitrogens is 1. The molecule has 1 aromatic carbocycles. The van der Waals surface area contributed by atoms with Crippen molar-refractivity contribution in [1.82, 2.24) is 9.88 Å². The van der Waals surface area contributed by atoms with Crippen molar-refractivity contribution >= 4 is 16.7 Å². The van der Waals surface area contributed by atoms with Crippen LogP contribution in [-0.4, -0.2) is 47.0 Å². The maximum absolute atomic E-state index is 13.0. The van der Waals surface area contributed by atoms with Crippen LogP contribution < -0.4 is 0 Å². The fourth-order valence-electron chi connectivity index (χ4n) is 4.70. The lowest BCUT2D eigenvalue weighted by molar-refractivity contribution is 0.0518. The molecule has 0 spiro atoms. The van der Waals surface area contributed by atoms with Gasteiger partial charge in [0.15, 0.2) is 5.78 Å². The van der Waals surface area contributed by atoms with Crippen LogP contribution in [0.1, 0.15) is 29.4 Å². The van der Waals surface area contributed by atoms with Crippen molar-refractivity contribution < 1.29 is 9.90 Å². The molecule has 3 atom stereocenters. The summed E-state index contributed by atoms with van der Waals surface area (Å²) in [5, 5.41) is 11.2. The zero-order valence-corrected chi connectivity index (χ0v) is 14.2. The molecule has 2 bridgehead atoms. The van der Waals surface area contributed by atoms with Crippen molar-refractivity contribution in [2.45, 2.75) is 25.8 Å². The molecular weight excluding hydrogens is 300 g/mol. The Labute approximate surface area is 142 Å². The fourth-order valence-corrected chi connectivity index (χ4v) is 4.70. The molecule has 3 unspecified atom stereocenters. The van der Waals surface area contributed by atoms with Gasteiger partial charge in [0, 0.05) is 42.4 Å². The second-order valence-corrected chi connectivity index (χ2v) is 7.15. The summed E-state index contributed by atoms with van der Waals surface area (Å²) in [6, 6.07) is 8.40. The molecule has 4 nitrogen and oxygen atoms in total. The molecule has 1 fully saturated rings. The minimum atomic E-state index is 0.112. The van der Waals surface area contributed by atoms with Crippen molar-refractivity contribution in [3.05, 3.63) is 47.2 Å². The molecule has 2 aromatic rings. The Morgan fingerprint density at radius 1 is 1.33 bits per heavy atom. The van der Waals surface area contributed by atoms with Crippen LogP contribution >= 0.6 is 0 Å². The van der Waals surface area contributed by atoms with Gasteiger partial charge >= 0.3 is 0 Å². The van der Waals surface area contributed by atoms with E-state index in [1.54, 1.807) is 0 Å². The summed E-state index contributed by atoms with van der Waals surface area (Å²) in [5.41, 5.74) is 4.20.